The van der Waals surface area contributed by atoms with Gasteiger partial charge in [-0.25, -0.2) is 0 Å². The third-order valence-electron chi connectivity index (χ3n) is 2.94. The molecule has 2 aliphatic heterocycles. The minimum Gasteiger partial charge on any atom is -0.366 e. The maximum absolute atomic E-state index is 11.8. The molecular formula is C11H10ClNO2. The zero-order valence-corrected chi connectivity index (χ0v) is 8.78. The largest absolute Gasteiger partial charge is 0.366 e. The highest BCUT2D eigenvalue weighted by Crippen LogP contribution is 2.34. The van der Waals surface area contributed by atoms with Gasteiger partial charge in [0.25, 0.3) is 5.91 Å². The van der Waals surface area contributed by atoms with E-state index in [0.29, 0.717) is 11.6 Å². The van der Waals surface area contributed by atoms with Crippen molar-refractivity contribution in [3.8, 4) is 0 Å². The number of hydrogen-bond donors (Lipinski definition) is 0. The number of rotatable bonds is 1. The monoisotopic (exact) mass is 223 g/mol. The van der Waals surface area contributed by atoms with E-state index in [1.165, 1.54) is 0 Å². The number of anilines is 1. The standard InChI is InChI=1S/C11H10ClNO2/c12-7-2-1-3-8(4-7)13-9-5-10(11(13)14)15-6-9/h1-4,9-10H,5-6H2. The van der Waals surface area contributed by atoms with E-state index < -0.39 is 0 Å². The molecule has 0 spiro atoms. The summed E-state index contributed by atoms with van der Waals surface area (Å²) in [6, 6.07) is 7.59. The molecule has 0 N–H and O–H groups in total. The molecule has 3 rings (SSSR count). The molecule has 1 aromatic carbocycles. The van der Waals surface area contributed by atoms with Gasteiger partial charge in [0.1, 0.15) is 6.10 Å². The van der Waals surface area contributed by atoms with Gasteiger partial charge in [-0.3, -0.25) is 4.79 Å². The van der Waals surface area contributed by atoms with Crippen molar-refractivity contribution >= 4 is 23.2 Å². The topological polar surface area (TPSA) is 29.5 Å². The lowest BCUT2D eigenvalue weighted by molar-refractivity contribution is -0.128. The van der Waals surface area contributed by atoms with Gasteiger partial charge in [-0.15, -0.1) is 0 Å². The van der Waals surface area contributed by atoms with E-state index in [-0.39, 0.29) is 18.1 Å². The number of ether oxygens (including phenoxy) is 1. The zero-order chi connectivity index (χ0) is 10.4. The van der Waals surface area contributed by atoms with Crippen LogP contribution in [0, 0.1) is 0 Å². The van der Waals surface area contributed by atoms with Gasteiger partial charge < -0.3 is 9.64 Å². The van der Waals surface area contributed by atoms with Crippen LogP contribution in [0.2, 0.25) is 5.02 Å². The number of benzene rings is 1. The fourth-order valence-corrected chi connectivity index (χ4v) is 2.45. The summed E-state index contributed by atoms with van der Waals surface area (Å²) in [4.78, 5) is 13.6. The van der Waals surface area contributed by atoms with Crippen molar-refractivity contribution in [1.82, 2.24) is 0 Å². The fourth-order valence-electron chi connectivity index (χ4n) is 2.26. The van der Waals surface area contributed by atoms with Gasteiger partial charge in [0.15, 0.2) is 0 Å². The molecule has 2 unspecified atom stereocenters. The summed E-state index contributed by atoms with van der Waals surface area (Å²) in [6.45, 7) is 0.642. The minimum absolute atomic E-state index is 0.0634. The lowest BCUT2D eigenvalue weighted by atomic mass is 10.2. The van der Waals surface area contributed by atoms with Crippen LogP contribution in [-0.2, 0) is 9.53 Å². The molecule has 1 amide bonds. The van der Waals surface area contributed by atoms with Crippen molar-refractivity contribution in [2.24, 2.45) is 0 Å². The Morgan fingerprint density at radius 1 is 1.47 bits per heavy atom. The molecule has 2 atom stereocenters. The summed E-state index contributed by atoms with van der Waals surface area (Å²) in [5.74, 6) is 0.0634. The molecule has 2 fully saturated rings. The van der Waals surface area contributed by atoms with Crippen LogP contribution in [0.15, 0.2) is 24.3 Å². The third-order valence-corrected chi connectivity index (χ3v) is 3.18. The summed E-state index contributed by atoms with van der Waals surface area (Å²) in [5, 5.41) is 0.656. The van der Waals surface area contributed by atoms with Crippen LogP contribution in [0.5, 0.6) is 0 Å². The van der Waals surface area contributed by atoms with E-state index >= 15 is 0 Å². The van der Waals surface area contributed by atoms with Crippen LogP contribution in [0.25, 0.3) is 0 Å². The molecule has 0 radical (unpaired) electrons. The lowest BCUT2D eigenvalue weighted by Gasteiger charge is -2.26. The summed E-state index contributed by atoms with van der Waals surface area (Å²) in [6.07, 6.45) is 0.583. The summed E-state index contributed by atoms with van der Waals surface area (Å²) >= 11 is 5.90. The van der Waals surface area contributed by atoms with Crippen LogP contribution < -0.4 is 4.90 Å². The first-order valence-corrected chi connectivity index (χ1v) is 5.34. The van der Waals surface area contributed by atoms with E-state index in [4.69, 9.17) is 16.3 Å². The Kier molecular flexibility index (Phi) is 1.97. The summed E-state index contributed by atoms with van der Waals surface area (Å²) in [5.41, 5.74) is 0.878. The number of fused-ring (bicyclic) bond motifs is 2. The summed E-state index contributed by atoms with van der Waals surface area (Å²) in [7, 11) is 0. The Hall–Kier alpha value is -1.06. The maximum atomic E-state index is 11.8. The molecule has 0 saturated carbocycles. The van der Waals surface area contributed by atoms with E-state index in [1.807, 2.05) is 18.2 Å². The number of morpholine rings is 1. The zero-order valence-electron chi connectivity index (χ0n) is 8.02. The smallest absolute Gasteiger partial charge is 0.256 e. The third kappa shape index (κ3) is 1.34. The highest BCUT2D eigenvalue weighted by Gasteiger charge is 2.46. The first-order chi connectivity index (χ1) is 7.25. The van der Waals surface area contributed by atoms with Gasteiger partial charge in [0.2, 0.25) is 0 Å². The normalized spacial score (nSPS) is 28.9. The highest BCUT2D eigenvalue weighted by atomic mass is 35.5. The van der Waals surface area contributed by atoms with E-state index in [1.54, 1.807) is 11.0 Å². The average molecular weight is 224 g/mol. The minimum atomic E-state index is -0.228. The number of nitrogens with zero attached hydrogens (tertiary/aromatic N) is 1. The lowest BCUT2D eigenvalue weighted by Crippen LogP contribution is -2.41. The molecule has 4 heteroatoms. The average Bonchev–Trinajstić information content (AvgIpc) is 2.77. The van der Waals surface area contributed by atoms with Crippen molar-refractivity contribution in [2.75, 3.05) is 11.5 Å². The van der Waals surface area contributed by atoms with Gasteiger partial charge in [0.05, 0.1) is 12.6 Å². The number of amides is 1. The number of halogens is 1. The molecule has 78 valence electrons. The molecule has 3 nitrogen and oxygen atoms in total. The predicted octanol–water partition coefficient (Wildman–Crippen LogP) is 1.84. The van der Waals surface area contributed by atoms with E-state index in [2.05, 4.69) is 0 Å². The molecule has 0 aliphatic carbocycles. The van der Waals surface area contributed by atoms with Crippen molar-refractivity contribution in [1.29, 1.82) is 0 Å². The van der Waals surface area contributed by atoms with E-state index in [9.17, 15) is 4.79 Å². The van der Waals surface area contributed by atoms with Crippen LogP contribution in [0.1, 0.15) is 6.42 Å². The van der Waals surface area contributed by atoms with Crippen LogP contribution in [0.3, 0.4) is 0 Å². The fraction of sp³-hybridized carbons (Fsp3) is 0.364. The Bertz CT molecular complexity index is 421. The van der Waals surface area contributed by atoms with Gasteiger partial charge in [0, 0.05) is 17.1 Å². The van der Waals surface area contributed by atoms with Gasteiger partial charge in [-0.1, -0.05) is 17.7 Å². The second-order valence-corrected chi connectivity index (χ2v) is 4.34. The first-order valence-electron chi connectivity index (χ1n) is 4.96. The van der Waals surface area contributed by atoms with Crippen molar-refractivity contribution in [3.63, 3.8) is 0 Å². The molecule has 0 aromatic heterocycles. The molecule has 2 saturated heterocycles. The van der Waals surface area contributed by atoms with E-state index in [0.717, 1.165) is 12.1 Å². The molecule has 2 aliphatic rings. The number of carbonyl (C=O) groups is 1. The highest BCUT2D eigenvalue weighted by molar-refractivity contribution is 6.31. The van der Waals surface area contributed by atoms with Crippen molar-refractivity contribution in [2.45, 2.75) is 18.6 Å². The van der Waals surface area contributed by atoms with Crippen LogP contribution in [0.4, 0.5) is 5.69 Å². The Morgan fingerprint density at radius 2 is 2.33 bits per heavy atom. The molecular weight excluding hydrogens is 214 g/mol. The van der Waals surface area contributed by atoms with Gasteiger partial charge >= 0.3 is 0 Å². The second kappa shape index (κ2) is 3.22. The quantitative estimate of drug-likeness (QED) is 0.727. The van der Waals surface area contributed by atoms with Crippen LogP contribution >= 0.6 is 11.6 Å². The molecule has 15 heavy (non-hydrogen) atoms. The van der Waals surface area contributed by atoms with Crippen molar-refractivity contribution < 1.29 is 9.53 Å². The SMILES string of the molecule is O=C1C2CC(CO2)N1c1cccc(Cl)c1. The molecule has 2 bridgehead atoms. The molecule has 2 heterocycles. The first kappa shape index (κ1) is 9.19. The second-order valence-electron chi connectivity index (χ2n) is 3.90. The van der Waals surface area contributed by atoms with Gasteiger partial charge in [-0.2, -0.15) is 0 Å². The number of hydrogen-bond acceptors (Lipinski definition) is 2. The van der Waals surface area contributed by atoms with Crippen molar-refractivity contribution in [3.05, 3.63) is 29.3 Å². The Morgan fingerprint density at radius 3 is 3.00 bits per heavy atom. The van der Waals surface area contributed by atoms with Crippen LogP contribution in [-0.4, -0.2) is 24.7 Å². The Labute approximate surface area is 92.6 Å². The summed E-state index contributed by atoms with van der Waals surface area (Å²) < 4.78 is 5.32. The van der Waals surface area contributed by atoms with Gasteiger partial charge in [-0.05, 0) is 18.2 Å². The maximum Gasteiger partial charge on any atom is 0.256 e. The predicted molar refractivity (Wildman–Crippen MR) is 57.1 cm³/mol. The Balaban J connectivity index is 1.98. The number of carbonyl (C=O) groups excluding carboxylic acids is 1. The molecule has 1 aromatic rings.